The van der Waals surface area contributed by atoms with E-state index in [1.807, 2.05) is 0 Å². The summed E-state index contributed by atoms with van der Waals surface area (Å²) in [5.41, 5.74) is 5.68. The largest absolute Gasteiger partial charge is 0.384 e. The highest BCUT2D eigenvalue weighted by Crippen LogP contribution is 2.15. The van der Waals surface area contributed by atoms with Gasteiger partial charge in [-0.25, -0.2) is 9.97 Å². The SMILES string of the molecule is CC(C)C(CNc1cc(N)ncn1)N1CCN(C)CC1. The lowest BCUT2D eigenvalue weighted by Gasteiger charge is -2.40. The van der Waals surface area contributed by atoms with Gasteiger partial charge in [0.1, 0.15) is 18.0 Å². The Balaban J connectivity index is 1.92. The van der Waals surface area contributed by atoms with Crippen LogP contribution in [0.25, 0.3) is 0 Å². The lowest BCUT2D eigenvalue weighted by Crippen LogP contribution is -2.52. The van der Waals surface area contributed by atoms with Gasteiger partial charge in [0.05, 0.1) is 0 Å². The summed E-state index contributed by atoms with van der Waals surface area (Å²) in [5, 5.41) is 3.39. The summed E-state index contributed by atoms with van der Waals surface area (Å²) in [4.78, 5) is 13.1. The van der Waals surface area contributed by atoms with E-state index < -0.39 is 0 Å². The van der Waals surface area contributed by atoms with Gasteiger partial charge in [-0.2, -0.15) is 0 Å². The molecule has 0 aliphatic carbocycles. The number of rotatable bonds is 5. The maximum atomic E-state index is 5.68. The number of aromatic nitrogens is 2. The van der Waals surface area contributed by atoms with Crippen LogP contribution in [0.2, 0.25) is 0 Å². The van der Waals surface area contributed by atoms with E-state index in [9.17, 15) is 0 Å². The zero-order chi connectivity index (χ0) is 14.5. The van der Waals surface area contributed by atoms with Crippen molar-refractivity contribution in [1.82, 2.24) is 19.8 Å². The van der Waals surface area contributed by atoms with Crippen molar-refractivity contribution >= 4 is 11.6 Å². The van der Waals surface area contributed by atoms with Crippen molar-refractivity contribution in [3.8, 4) is 0 Å². The molecule has 1 fully saturated rings. The standard InChI is InChI=1S/C14H26N6/c1-11(2)12(20-6-4-19(3)5-7-20)9-16-14-8-13(15)17-10-18-14/h8,10-12H,4-7,9H2,1-3H3,(H3,15,16,17,18). The molecule has 6 nitrogen and oxygen atoms in total. The Kier molecular flexibility index (Phi) is 5.14. The van der Waals surface area contributed by atoms with E-state index in [2.05, 4.69) is 46.0 Å². The van der Waals surface area contributed by atoms with E-state index in [0.29, 0.717) is 17.8 Å². The van der Waals surface area contributed by atoms with E-state index in [4.69, 9.17) is 5.73 Å². The molecule has 0 saturated carbocycles. The molecule has 0 amide bonds. The molecule has 1 saturated heterocycles. The van der Waals surface area contributed by atoms with Gasteiger partial charge in [0.25, 0.3) is 0 Å². The zero-order valence-corrected chi connectivity index (χ0v) is 12.7. The van der Waals surface area contributed by atoms with E-state index in [1.165, 1.54) is 6.33 Å². The van der Waals surface area contributed by atoms with E-state index in [1.54, 1.807) is 6.07 Å². The van der Waals surface area contributed by atoms with Gasteiger partial charge in [0.2, 0.25) is 0 Å². The van der Waals surface area contributed by atoms with Gasteiger partial charge < -0.3 is 16.0 Å². The van der Waals surface area contributed by atoms with Crippen molar-refractivity contribution in [2.24, 2.45) is 5.92 Å². The molecule has 20 heavy (non-hydrogen) atoms. The first-order valence-electron chi connectivity index (χ1n) is 7.30. The van der Waals surface area contributed by atoms with Crippen LogP contribution >= 0.6 is 0 Å². The van der Waals surface area contributed by atoms with Gasteiger partial charge in [0, 0.05) is 44.8 Å². The molecule has 6 heteroatoms. The molecule has 1 aromatic rings. The Morgan fingerprint density at radius 3 is 2.55 bits per heavy atom. The average Bonchev–Trinajstić information content (AvgIpc) is 2.41. The molecule has 0 aromatic carbocycles. The first kappa shape index (κ1) is 15.0. The van der Waals surface area contributed by atoms with Gasteiger partial charge in [0.15, 0.2) is 0 Å². The molecule has 1 aliphatic heterocycles. The number of nitrogens with one attached hydrogen (secondary N) is 1. The Morgan fingerprint density at radius 1 is 1.25 bits per heavy atom. The van der Waals surface area contributed by atoms with Crippen molar-refractivity contribution in [1.29, 1.82) is 0 Å². The summed E-state index contributed by atoms with van der Waals surface area (Å²) in [6, 6.07) is 2.29. The fourth-order valence-electron chi connectivity index (χ4n) is 2.62. The molecule has 2 rings (SSSR count). The van der Waals surface area contributed by atoms with Crippen LogP contribution in [0.1, 0.15) is 13.8 Å². The molecule has 2 heterocycles. The summed E-state index contributed by atoms with van der Waals surface area (Å²) in [7, 11) is 2.18. The third kappa shape index (κ3) is 4.05. The number of nitrogen functional groups attached to an aromatic ring is 1. The van der Waals surface area contributed by atoms with E-state index >= 15 is 0 Å². The number of anilines is 2. The van der Waals surface area contributed by atoms with Crippen LogP contribution in [-0.4, -0.2) is 65.6 Å². The Morgan fingerprint density at radius 2 is 1.95 bits per heavy atom. The summed E-state index contributed by atoms with van der Waals surface area (Å²) >= 11 is 0. The molecule has 0 spiro atoms. The number of hydrogen-bond acceptors (Lipinski definition) is 6. The van der Waals surface area contributed by atoms with Crippen molar-refractivity contribution < 1.29 is 0 Å². The number of hydrogen-bond donors (Lipinski definition) is 2. The molecule has 1 aromatic heterocycles. The lowest BCUT2D eigenvalue weighted by molar-refractivity contribution is 0.0944. The minimum atomic E-state index is 0.503. The van der Waals surface area contributed by atoms with Crippen LogP contribution < -0.4 is 11.1 Å². The van der Waals surface area contributed by atoms with Crippen LogP contribution in [0.15, 0.2) is 12.4 Å². The Labute approximate surface area is 121 Å². The third-order valence-corrected chi connectivity index (χ3v) is 3.96. The van der Waals surface area contributed by atoms with Crippen LogP contribution in [0, 0.1) is 5.92 Å². The van der Waals surface area contributed by atoms with Crippen LogP contribution in [0.5, 0.6) is 0 Å². The molecule has 0 radical (unpaired) electrons. The topological polar surface area (TPSA) is 70.3 Å². The number of nitrogens with zero attached hydrogens (tertiary/aromatic N) is 4. The van der Waals surface area contributed by atoms with Gasteiger partial charge in [-0.3, -0.25) is 4.90 Å². The fraction of sp³-hybridized carbons (Fsp3) is 0.714. The first-order chi connectivity index (χ1) is 9.56. The smallest absolute Gasteiger partial charge is 0.131 e. The molecular formula is C14H26N6. The molecule has 0 bridgehead atoms. The second-order valence-electron chi connectivity index (χ2n) is 5.86. The fourth-order valence-corrected chi connectivity index (χ4v) is 2.62. The number of nitrogens with two attached hydrogens (primary N) is 1. The Bertz CT molecular complexity index is 414. The lowest BCUT2D eigenvalue weighted by atomic mass is 10.0. The second kappa shape index (κ2) is 6.85. The van der Waals surface area contributed by atoms with E-state index in [-0.39, 0.29) is 0 Å². The Hall–Kier alpha value is -1.40. The minimum Gasteiger partial charge on any atom is -0.384 e. The zero-order valence-electron chi connectivity index (χ0n) is 12.7. The van der Waals surface area contributed by atoms with Crippen molar-refractivity contribution in [3.05, 3.63) is 12.4 Å². The number of likely N-dealkylation sites (N-methyl/N-ethyl adjacent to an activating group) is 1. The summed E-state index contributed by atoms with van der Waals surface area (Å²) in [5.74, 6) is 1.91. The van der Waals surface area contributed by atoms with Crippen molar-refractivity contribution in [2.75, 3.05) is 50.8 Å². The monoisotopic (exact) mass is 278 g/mol. The highest BCUT2D eigenvalue weighted by atomic mass is 15.3. The summed E-state index contributed by atoms with van der Waals surface area (Å²) in [6.07, 6.45) is 1.50. The van der Waals surface area contributed by atoms with E-state index in [0.717, 1.165) is 38.5 Å². The molecule has 3 N–H and O–H groups in total. The van der Waals surface area contributed by atoms with Gasteiger partial charge >= 0.3 is 0 Å². The predicted molar refractivity (Wildman–Crippen MR) is 82.6 cm³/mol. The van der Waals surface area contributed by atoms with Crippen molar-refractivity contribution in [3.63, 3.8) is 0 Å². The molecule has 1 aliphatic rings. The third-order valence-electron chi connectivity index (χ3n) is 3.96. The molecule has 1 atom stereocenters. The van der Waals surface area contributed by atoms with Gasteiger partial charge in [-0.15, -0.1) is 0 Å². The summed E-state index contributed by atoms with van der Waals surface area (Å²) in [6.45, 7) is 9.99. The van der Waals surface area contributed by atoms with Crippen LogP contribution in [0.4, 0.5) is 11.6 Å². The first-order valence-corrected chi connectivity index (χ1v) is 7.30. The molecule has 112 valence electrons. The minimum absolute atomic E-state index is 0.503. The van der Waals surface area contributed by atoms with Crippen LogP contribution in [-0.2, 0) is 0 Å². The summed E-state index contributed by atoms with van der Waals surface area (Å²) < 4.78 is 0. The maximum Gasteiger partial charge on any atom is 0.131 e. The van der Waals surface area contributed by atoms with Gasteiger partial charge in [-0.05, 0) is 13.0 Å². The molecule has 1 unspecified atom stereocenters. The van der Waals surface area contributed by atoms with Crippen molar-refractivity contribution in [2.45, 2.75) is 19.9 Å². The van der Waals surface area contributed by atoms with Crippen LogP contribution in [0.3, 0.4) is 0 Å². The normalized spacial score (nSPS) is 19.2. The average molecular weight is 278 g/mol. The maximum absolute atomic E-state index is 5.68. The number of piperazine rings is 1. The predicted octanol–water partition coefficient (Wildman–Crippen LogP) is 0.743. The van der Waals surface area contributed by atoms with Gasteiger partial charge in [-0.1, -0.05) is 13.8 Å². The quantitative estimate of drug-likeness (QED) is 0.828. The molecular weight excluding hydrogens is 252 g/mol. The highest BCUT2D eigenvalue weighted by molar-refractivity contribution is 5.43. The second-order valence-corrected chi connectivity index (χ2v) is 5.86. The highest BCUT2D eigenvalue weighted by Gasteiger charge is 2.24.